The highest BCUT2D eigenvalue weighted by Gasteiger charge is 2.22. The van der Waals surface area contributed by atoms with E-state index in [4.69, 9.17) is 15.9 Å². The van der Waals surface area contributed by atoms with Crippen molar-refractivity contribution in [2.24, 2.45) is 5.73 Å². The molecular weight excluding hydrogens is 404 g/mol. The number of nitrogen functional groups attached to an aromatic ring is 1. The van der Waals surface area contributed by atoms with Crippen LogP contribution < -0.4 is 20.7 Å². The number of aryl methyl sites for hydroxylation is 1. The Bertz CT molecular complexity index is 989. The lowest BCUT2D eigenvalue weighted by Crippen LogP contribution is -2.33. The van der Waals surface area contributed by atoms with Crippen LogP contribution in [0.4, 0.5) is 11.4 Å². The Morgan fingerprint density at radius 2 is 2.03 bits per heavy atom. The van der Waals surface area contributed by atoms with E-state index in [1.165, 1.54) is 0 Å². The summed E-state index contributed by atoms with van der Waals surface area (Å²) in [7, 11) is 0. The first-order chi connectivity index (χ1) is 15.4. The normalized spacial score (nSPS) is 15.1. The number of nitrogens with two attached hydrogens (primary N) is 1. The molecular formula is C25H32N4O3. The third-order valence-electron chi connectivity index (χ3n) is 5.60. The van der Waals surface area contributed by atoms with Crippen molar-refractivity contribution in [2.45, 2.75) is 58.5 Å². The number of hydrogen-bond donors (Lipinski definition) is 3. The number of carbonyl (C=O) groups excluding carboxylic acids is 2. The number of nitrogens with one attached hydrogen (secondary N) is 2. The van der Waals surface area contributed by atoms with Crippen LogP contribution in [0, 0.1) is 12.3 Å². The van der Waals surface area contributed by atoms with Crippen molar-refractivity contribution in [1.82, 2.24) is 0 Å². The van der Waals surface area contributed by atoms with Gasteiger partial charge in [0.25, 0.3) is 5.91 Å². The first kappa shape index (κ1) is 23.3. The van der Waals surface area contributed by atoms with Crippen LogP contribution in [0.25, 0.3) is 0 Å². The van der Waals surface area contributed by atoms with Crippen LogP contribution in [-0.2, 0) is 9.59 Å². The second-order valence-corrected chi connectivity index (χ2v) is 8.18. The second-order valence-electron chi connectivity index (χ2n) is 8.18. The predicted octanol–water partition coefficient (Wildman–Crippen LogP) is 4.37. The summed E-state index contributed by atoms with van der Waals surface area (Å²) in [6, 6.07) is 12.5. The molecule has 2 amide bonds. The van der Waals surface area contributed by atoms with Gasteiger partial charge >= 0.3 is 0 Å². The lowest BCUT2D eigenvalue weighted by atomic mass is 10.1. The first-order valence-electron chi connectivity index (χ1n) is 11.2. The molecule has 1 fully saturated rings. The number of ether oxygens (including phenoxy) is 1. The lowest BCUT2D eigenvalue weighted by molar-refractivity contribution is -0.123. The van der Waals surface area contributed by atoms with Gasteiger partial charge in [0.2, 0.25) is 5.91 Å². The average Bonchev–Trinajstić information content (AvgIpc) is 2.98. The highest BCUT2D eigenvalue weighted by atomic mass is 16.5. The molecule has 1 atom stereocenters. The number of hydrogen-bond acceptors (Lipinski definition) is 4. The Kier molecular flexibility index (Phi) is 7.87. The summed E-state index contributed by atoms with van der Waals surface area (Å²) in [5.41, 5.74) is 8.62. The number of benzene rings is 2. The topological polar surface area (TPSA) is 109 Å². The van der Waals surface area contributed by atoms with E-state index in [9.17, 15) is 9.59 Å². The van der Waals surface area contributed by atoms with Gasteiger partial charge in [0, 0.05) is 29.9 Å². The van der Waals surface area contributed by atoms with Crippen LogP contribution in [0.5, 0.6) is 5.75 Å². The van der Waals surface area contributed by atoms with Gasteiger partial charge in [-0.05, 0) is 62.1 Å². The molecule has 0 radical (unpaired) electrons. The fourth-order valence-corrected chi connectivity index (χ4v) is 3.90. The van der Waals surface area contributed by atoms with Crippen molar-refractivity contribution in [3.8, 4) is 5.75 Å². The molecule has 1 aliphatic rings. The van der Waals surface area contributed by atoms with E-state index in [0.717, 1.165) is 43.5 Å². The maximum atomic E-state index is 13.0. The van der Waals surface area contributed by atoms with Crippen molar-refractivity contribution in [3.05, 3.63) is 53.6 Å². The molecule has 0 unspecified atom stereocenters. The van der Waals surface area contributed by atoms with Crippen LogP contribution in [-0.4, -0.2) is 30.3 Å². The van der Waals surface area contributed by atoms with Crippen LogP contribution in [0.2, 0.25) is 0 Å². The van der Waals surface area contributed by atoms with Gasteiger partial charge in [0.05, 0.1) is 0 Å². The van der Waals surface area contributed by atoms with E-state index in [0.29, 0.717) is 29.8 Å². The smallest absolute Gasteiger partial charge is 0.265 e. The molecule has 0 spiro atoms. The van der Waals surface area contributed by atoms with Crippen molar-refractivity contribution >= 4 is 29.0 Å². The summed E-state index contributed by atoms with van der Waals surface area (Å²) < 4.78 is 5.94. The molecule has 1 saturated heterocycles. The zero-order valence-corrected chi connectivity index (χ0v) is 18.8. The summed E-state index contributed by atoms with van der Waals surface area (Å²) in [5.74, 6) is 0.368. The quantitative estimate of drug-likeness (QED) is 0.422. The van der Waals surface area contributed by atoms with Gasteiger partial charge in [-0.15, -0.1) is 0 Å². The van der Waals surface area contributed by atoms with Crippen molar-refractivity contribution in [2.75, 3.05) is 16.8 Å². The molecule has 1 heterocycles. The molecule has 3 rings (SSSR count). The molecule has 32 heavy (non-hydrogen) atoms. The summed E-state index contributed by atoms with van der Waals surface area (Å²) in [6.07, 6.45) is 4.26. The van der Waals surface area contributed by atoms with Crippen molar-refractivity contribution < 1.29 is 14.3 Å². The average molecular weight is 437 g/mol. The fourth-order valence-electron chi connectivity index (χ4n) is 3.90. The van der Waals surface area contributed by atoms with Crippen LogP contribution in [0.1, 0.15) is 56.6 Å². The maximum absolute atomic E-state index is 13.0. The van der Waals surface area contributed by atoms with Crippen molar-refractivity contribution in [3.63, 3.8) is 0 Å². The number of anilines is 2. The molecule has 0 saturated carbocycles. The van der Waals surface area contributed by atoms with Gasteiger partial charge in [0.1, 0.15) is 11.6 Å². The van der Waals surface area contributed by atoms with Gasteiger partial charge in [-0.25, -0.2) is 0 Å². The molecule has 4 N–H and O–H groups in total. The van der Waals surface area contributed by atoms with E-state index >= 15 is 0 Å². The highest BCUT2D eigenvalue weighted by molar-refractivity contribution is 5.97. The molecule has 1 aliphatic heterocycles. The standard InChI is InChI=1S/C25H32N4O3/c1-3-8-22(32-20-10-7-9-18(16-20)24(26)27)25(31)28-19-12-13-21(17(2)15-19)29-14-6-4-5-11-23(29)30/h7,9-10,12-13,15-16,22H,3-6,8,11,14H2,1-2H3,(H3,26,27)(H,28,31)/t22-/m0/s1. The number of rotatable bonds is 8. The Balaban J connectivity index is 1.72. The minimum Gasteiger partial charge on any atom is -0.481 e. The third kappa shape index (κ3) is 5.87. The monoisotopic (exact) mass is 436 g/mol. The SMILES string of the molecule is CCC[C@H](Oc1cccc(C(=N)N)c1)C(=O)Nc1ccc(N2CCCCCC2=O)c(C)c1. The summed E-state index contributed by atoms with van der Waals surface area (Å²) in [6.45, 7) is 4.68. The zero-order chi connectivity index (χ0) is 23.1. The maximum Gasteiger partial charge on any atom is 0.265 e. The number of carbonyl (C=O) groups is 2. The van der Waals surface area contributed by atoms with E-state index in [1.54, 1.807) is 24.3 Å². The Labute approximate surface area is 189 Å². The number of amidine groups is 1. The number of amides is 2. The van der Waals surface area contributed by atoms with Crippen molar-refractivity contribution in [1.29, 1.82) is 5.41 Å². The third-order valence-corrected chi connectivity index (χ3v) is 5.60. The Hall–Kier alpha value is -3.35. The molecule has 0 aromatic heterocycles. The van der Waals surface area contributed by atoms with E-state index in [-0.39, 0.29) is 17.6 Å². The lowest BCUT2D eigenvalue weighted by Gasteiger charge is -2.23. The van der Waals surface area contributed by atoms with Gasteiger partial charge in [-0.3, -0.25) is 15.0 Å². The molecule has 7 nitrogen and oxygen atoms in total. The summed E-state index contributed by atoms with van der Waals surface area (Å²) in [4.78, 5) is 27.3. The van der Waals surface area contributed by atoms with Crippen LogP contribution in [0.3, 0.4) is 0 Å². The minimum atomic E-state index is -0.672. The van der Waals surface area contributed by atoms with E-state index in [2.05, 4.69) is 5.32 Å². The molecule has 0 aliphatic carbocycles. The highest BCUT2D eigenvalue weighted by Crippen LogP contribution is 2.27. The molecule has 2 aromatic carbocycles. The first-order valence-corrected chi connectivity index (χ1v) is 11.2. The van der Waals surface area contributed by atoms with Gasteiger partial charge in [-0.1, -0.05) is 31.9 Å². The van der Waals surface area contributed by atoms with E-state index in [1.807, 2.05) is 36.9 Å². The van der Waals surface area contributed by atoms with Gasteiger partial charge in [-0.2, -0.15) is 0 Å². The molecule has 2 aromatic rings. The van der Waals surface area contributed by atoms with Crippen LogP contribution >= 0.6 is 0 Å². The second kappa shape index (κ2) is 10.8. The Morgan fingerprint density at radius 3 is 2.75 bits per heavy atom. The molecule has 7 heteroatoms. The fraction of sp³-hybridized carbons (Fsp3) is 0.400. The predicted molar refractivity (Wildman–Crippen MR) is 127 cm³/mol. The molecule has 170 valence electrons. The largest absolute Gasteiger partial charge is 0.481 e. The van der Waals surface area contributed by atoms with Crippen LogP contribution in [0.15, 0.2) is 42.5 Å². The summed E-state index contributed by atoms with van der Waals surface area (Å²) >= 11 is 0. The Morgan fingerprint density at radius 1 is 1.22 bits per heavy atom. The van der Waals surface area contributed by atoms with E-state index < -0.39 is 6.10 Å². The summed E-state index contributed by atoms with van der Waals surface area (Å²) in [5, 5.41) is 10.5. The number of nitrogens with zero attached hydrogens (tertiary/aromatic N) is 1. The van der Waals surface area contributed by atoms with Gasteiger partial charge < -0.3 is 20.7 Å². The zero-order valence-electron chi connectivity index (χ0n) is 18.8. The minimum absolute atomic E-state index is 0.0506. The molecule has 0 bridgehead atoms. The van der Waals surface area contributed by atoms with Gasteiger partial charge in [0.15, 0.2) is 6.10 Å².